The van der Waals surface area contributed by atoms with Gasteiger partial charge in [0.25, 0.3) is 5.91 Å². The Morgan fingerprint density at radius 1 is 0.952 bits per heavy atom. The summed E-state index contributed by atoms with van der Waals surface area (Å²) in [5.41, 5.74) is 4.10. The van der Waals surface area contributed by atoms with Gasteiger partial charge in [-0.2, -0.15) is 4.99 Å². The highest BCUT2D eigenvalue weighted by molar-refractivity contribution is 8.17. The lowest BCUT2D eigenvalue weighted by Gasteiger charge is -2.27. The van der Waals surface area contributed by atoms with Gasteiger partial charge in [0.15, 0.2) is 16.7 Å². The minimum atomic E-state index is -0.440. The highest BCUT2D eigenvalue weighted by Gasteiger charge is 2.36. The van der Waals surface area contributed by atoms with E-state index in [9.17, 15) is 4.79 Å². The SMILES string of the molecule is COc1cc(/C=C2/C(=N)N3C(c4ccccc4)=CSC3=NC2=O)ccc1OCCOc1ccc(C2CCCCC2)cc1. The van der Waals surface area contributed by atoms with Crippen molar-refractivity contribution in [2.45, 2.75) is 38.0 Å². The number of hydrogen-bond acceptors (Lipinski definition) is 6. The van der Waals surface area contributed by atoms with Crippen LogP contribution in [-0.4, -0.2) is 42.1 Å². The van der Waals surface area contributed by atoms with Crippen LogP contribution in [0.2, 0.25) is 0 Å². The molecule has 3 aromatic rings. The van der Waals surface area contributed by atoms with Gasteiger partial charge in [0.1, 0.15) is 24.8 Å². The number of amidine groups is 2. The van der Waals surface area contributed by atoms with Crippen LogP contribution in [0.4, 0.5) is 0 Å². The number of fused-ring (bicyclic) bond motifs is 1. The van der Waals surface area contributed by atoms with Crippen molar-refractivity contribution >= 4 is 40.4 Å². The lowest BCUT2D eigenvalue weighted by atomic mass is 9.84. The summed E-state index contributed by atoms with van der Waals surface area (Å²) in [5, 5.41) is 11.3. The number of benzene rings is 3. The molecule has 0 aromatic heterocycles. The summed E-state index contributed by atoms with van der Waals surface area (Å²) in [6, 6.07) is 23.7. The van der Waals surface area contributed by atoms with Crippen molar-refractivity contribution in [3.63, 3.8) is 0 Å². The van der Waals surface area contributed by atoms with E-state index >= 15 is 0 Å². The smallest absolute Gasteiger partial charge is 0.283 e. The first-order valence-electron chi connectivity index (χ1n) is 14.3. The van der Waals surface area contributed by atoms with Crippen molar-refractivity contribution < 1.29 is 19.0 Å². The highest BCUT2D eigenvalue weighted by Crippen LogP contribution is 2.38. The van der Waals surface area contributed by atoms with E-state index in [2.05, 4.69) is 17.1 Å². The third kappa shape index (κ3) is 5.99. The summed E-state index contributed by atoms with van der Waals surface area (Å²) < 4.78 is 17.4. The molecule has 0 spiro atoms. The highest BCUT2D eigenvalue weighted by atomic mass is 32.2. The topological polar surface area (TPSA) is 84.2 Å². The number of carbonyl (C=O) groups excluding carboxylic acids is 1. The van der Waals surface area contributed by atoms with Gasteiger partial charge in [0.2, 0.25) is 0 Å². The quantitative estimate of drug-likeness (QED) is 0.209. The molecule has 2 aliphatic heterocycles. The van der Waals surface area contributed by atoms with Crippen LogP contribution in [0.3, 0.4) is 0 Å². The molecule has 0 bridgehead atoms. The van der Waals surface area contributed by atoms with Crippen molar-refractivity contribution in [1.29, 1.82) is 5.41 Å². The monoisotopic (exact) mass is 579 g/mol. The van der Waals surface area contributed by atoms with Crippen LogP contribution in [-0.2, 0) is 4.79 Å². The number of methoxy groups -OCH3 is 1. The summed E-state index contributed by atoms with van der Waals surface area (Å²) in [6.07, 6.45) is 8.24. The fourth-order valence-corrected chi connectivity index (χ4v) is 6.45. The molecule has 1 amide bonds. The fourth-order valence-electron chi connectivity index (χ4n) is 5.56. The van der Waals surface area contributed by atoms with E-state index in [4.69, 9.17) is 19.6 Å². The Labute approximate surface area is 250 Å². The summed E-state index contributed by atoms with van der Waals surface area (Å²) in [7, 11) is 1.58. The van der Waals surface area contributed by atoms with Crippen molar-refractivity contribution in [2.24, 2.45) is 4.99 Å². The molecule has 6 rings (SSSR count). The van der Waals surface area contributed by atoms with E-state index in [1.165, 1.54) is 49.4 Å². The number of nitrogens with zero attached hydrogens (tertiary/aromatic N) is 2. The lowest BCUT2D eigenvalue weighted by Crippen LogP contribution is -2.38. The molecule has 2 heterocycles. The molecule has 8 heteroatoms. The minimum Gasteiger partial charge on any atom is -0.493 e. The van der Waals surface area contributed by atoms with Gasteiger partial charge < -0.3 is 14.2 Å². The third-order valence-electron chi connectivity index (χ3n) is 7.75. The van der Waals surface area contributed by atoms with E-state index in [1.54, 1.807) is 30.2 Å². The third-order valence-corrected chi connectivity index (χ3v) is 8.57. The largest absolute Gasteiger partial charge is 0.493 e. The first-order chi connectivity index (χ1) is 20.6. The zero-order valence-corrected chi connectivity index (χ0v) is 24.4. The van der Waals surface area contributed by atoms with Gasteiger partial charge in [0, 0.05) is 5.41 Å². The maximum atomic E-state index is 12.9. The fraction of sp³-hybridized carbons (Fsp3) is 0.265. The molecule has 1 N–H and O–H groups in total. The van der Waals surface area contributed by atoms with E-state index in [0.717, 1.165) is 17.0 Å². The summed E-state index contributed by atoms with van der Waals surface area (Å²) in [6.45, 7) is 0.748. The van der Waals surface area contributed by atoms with Gasteiger partial charge in [-0.3, -0.25) is 15.1 Å². The Morgan fingerprint density at radius 3 is 2.48 bits per heavy atom. The van der Waals surface area contributed by atoms with Gasteiger partial charge >= 0.3 is 0 Å². The van der Waals surface area contributed by atoms with E-state index in [1.807, 2.05) is 53.9 Å². The average Bonchev–Trinajstić information content (AvgIpc) is 3.47. The molecule has 0 atom stereocenters. The Hall–Kier alpha value is -4.30. The van der Waals surface area contributed by atoms with Crippen LogP contribution in [0.1, 0.15) is 54.7 Å². The average molecular weight is 580 g/mol. The van der Waals surface area contributed by atoms with Gasteiger partial charge in [-0.25, -0.2) is 0 Å². The standard InChI is InChI=1S/C34H33N3O4S/c1-39-31-21-23(20-28-32(35)37-29(26-10-6-3-7-11-26)22-42-34(37)36-33(28)38)12-17-30(31)41-19-18-40-27-15-13-25(14-16-27)24-8-4-2-5-9-24/h3,6-7,10-17,20-22,24,35H,2,4-5,8-9,18-19H2,1H3/b28-20-,35-32?. The first-order valence-corrected chi connectivity index (χ1v) is 15.2. The number of ether oxygens (including phenoxy) is 3. The second-order valence-corrected chi connectivity index (χ2v) is 11.3. The van der Waals surface area contributed by atoms with Crippen LogP contribution in [0.15, 0.2) is 88.8 Å². The minimum absolute atomic E-state index is 0.0910. The maximum Gasteiger partial charge on any atom is 0.283 e. The van der Waals surface area contributed by atoms with Crippen molar-refractivity contribution in [3.05, 3.63) is 100 Å². The van der Waals surface area contributed by atoms with E-state index in [-0.39, 0.29) is 11.4 Å². The summed E-state index contributed by atoms with van der Waals surface area (Å²) in [4.78, 5) is 18.8. The molecule has 1 saturated carbocycles. The van der Waals surface area contributed by atoms with Gasteiger partial charge in [-0.05, 0) is 65.8 Å². The number of thioether (sulfide) groups is 1. The van der Waals surface area contributed by atoms with Gasteiger partial charge in [-0.1, -0.05) is 79.6 Å². The van der Waals surface area contributed by atoms with Crippen LogP contribution < -0.4 is 14.2 Å². The zero-order valence-electron chi connectivity index (χ0n) is 23.5. The maximum absolute atomic E-state index is 12.9. The van der Waals surface area contributed by atoms with Gasteiger partial charge in [-0.15, -0.1) is 0 Å². The Kier molecular flexibility index (Phi) is 8.42. The lowest BCUT2D eigenvalue weighted by molar-refractivity contribution is -0.114. The molecule has 3 aromatic carbocycles. The summed E-state index contributed by atoms with van der Waals surface area (Å²) >= 11 is 1.35. The van der Waals surface area contributed by atoms with Crippen molar-refractivity contribution in [1.82, 2.24) is 4.90 Å². The number of aliphatic imine (C=N–C) groups is 1. The molecule has 42 heavy (non-hydrogen) atoms. The molecule has 214 valence electrons. The van der Waals surface area contributed by atoms with E-state index < -0.39 is 5.91 Å². The summed E-state index contributed by atoms with van der Waals surface area (Å²) in [5.74, 6) is 2.27. The molecule has 1 aliphatic carbocycles. The molecule has 7 nitrogen and oxygen atoms in total. The number of nitrogens with one attached hydrogen (secondary N) is 1. The molecular formula is C34H33N3O4S. The number of hydrogen-bond donors (Lipinski definition) is 1. The number of rotatable bonds is 9. The van der Waals surface area contributed by atoms with Crippen LogP contribution >= 0.6 is 11.8 Å². The first kappa shape index (κ1) is 27.8. The second-order valence-electron chi connectivity index (χ2n) is 10.4. The number of carbonyl (C=O) groups is 1. The Morgan fingerprint density at radius 2 is 1.71 bits per heavy atom. The van der Waals surface area contributed by atoms with Gasteiger partial charge in [0.05, 0.1) is 18.4 Å². The predicted molar refractivity (Wildman–Crippen MR) is 168 cm³/mol. The molecule has 0 saturated heterocycles. The Balaban J connectivity index is 1.09. The molecular weight excluding hydrogens is 546 g/mol. The predicted octanol–water partition coefficient (Wildman–Crippen LogP) is 7.50. The van der Waals surface area contributed by atoms with E-state index in [0.29, 0.717) is 41.4 Å². The molecule has 0 radical (unpaired) electrons. The van der Waals surface area contributed by atoms with Crippen molar-refractivity contribution in [3.8, 4) is 17.2 Å². The number of amides is 1. The van der Waals surface area contributed by atoms with Crippen LogP contribution in [0.25, 0.3) is 11.8 Å². The van der Waals surface area contributed by atoms with Crippen LogP contribution in [0, 0.1) is 5.41 Å². The molecule has 1 fully saturated rings. The van der Waals surface area contributed by atoms with Crippen molar-refractivity contribution in [2.75, 3.05) is 20.3 Å². The Bertz CT molecular complexity index is 1560. The normalized spacial score (nSPS) is 18.0. The second kappa shape index (κ2) is 12.7. The molecule has 3 aliphatic rings. The van der Waals surface area contributed by atoms with Crippen LogP contribution in [0.5, 0.6) is 17.2 Å². The molecule has 0 unspecified atom stereocenters. The zero-order chi connectivity index (χ0) is 28.9.